The molecule has 0 spiro atoms. The van der Waals surface area contributed by atoms with E-state index in [4.69, 9.17) is 0 Å². The molecule has 0 aliphatic heterocycles. The van der Waals surface area contributed by atoms with Gasteiger partial charge in [0.25, 0.3) is 0 Å². The molecule has 0 bridgehead atoms. The fourth-order valence-corrected chi connectivity index (χ4v) is 3.01. The summed E-state index contributed by atoms with van der Waals surface area (Å²) in [5.74, 6) is 0. The monoisotopic (exact) mass is 344 g/mol. The first kappa shape index (κ1) is 13.3. The highest BCUT2D eigenvalue weighted by atomic mass is 79.9. The summed E-state index contributed by atoms with van der Waals surface area (Å²) in [5, 5.41) is 3.43. The number of benzene rings is 2. The van der Waals surface area contributed by atoms with Crippen LogP contribution in [0.3, 0.4) is 0 Å². The van der Waals surface area contributed by atoms with E-state index in [2.05, 4.69) is 62.0 Å². The lowest BCUT2D eigenvalue weighted by molar-refractivity contribution is 1.15. The van der Waals surface area contributed by atoms with Gasteiger partial charge in [0.05, 0.1) is 4.88 Å². The molecule has 20 heavy (non-hydrogen) atoms. The summed E-state index contributed by atoms with van der Waals surface area (Å²) in [5.41, 5.74) is 3.59. The van der Waals surface area contributed by atoms with E-state index < -0.39 is 0 Å². The maximum Gasteiger partial charge on any atom is 0.0549 e. The van der Waals surface area contributed by atoms with Gasteiger partial charge in [-0.15, -0.1) is 0 Å². The van der Waals surface area contributed by atoms with E-state index >= 15 is 0 Å². The highest BCUT2D eigenvalue weighted by molar-refractivity contribution is 9.10. The van der Waals surface area contributed by atoms with Crippen LogP contribution in [0.1, 0.15) is 5.56 Å². The molecule has 3 aromatic rings. The van der Waals surface area contributed by atoms with Gasteiger partial charge in [0.1, 0.15) is 0 Å². The van der Waals surface area contributed by atoms with Crippen molar-refractivity contribution in [2.45, 2.75) is 6.54 Å². The van der Waals surface area contributed by atoms with Gasteiger partial charge in [0.2, 0.25) is 0 Å². The predicted octanol–water partition coefficient (Wildman–Crippen LogP) is 5.18. The van der Waals surface area contributed by atoms with E-state index in [9.17, 15) is 0 Å². The molecule has 0 radical (unpaired) electrons. The minimum atomic E-state index is 0.819. The second-order valence-electron chi connectivity index (χ2n) is 4.44. The zero-order valence-corrected chi connectivity index (χ0v) is 13.1. The Kier molecular flexibility index (Phi) is 4.14. The number of anilines is 1. The number of rotatable bonds is 4. The van der Waals surface area contributed by atoms with Crippen LogP contribution in [-0.2, 0) is 6.54 Å². The minimum absolute atomic E-state index is 0.819. The Bertz CT molecular complexity index is 678. The quantitative estimate of drug-likeness (QED) is 0.704. The maximum atomic E-state index is 4.13. The predicted molar refractivity (Wildman–Crippen MR) is 89.0 cm³/mol. The van der Waals surface area contributed by atoms with Crippen molar-refractivity contribution in [2.75, 3.05) is 5.32 Å². The Morgan fingerprint density at radius 1 is 1.05 bits per heavy atom. The third kappa shape index (κ3) is 3.26. The first-order valence-electron chi connectivity index (χ1n) is 6.31. The summed E-state index contributed by atoms with van der Waals surface area (Å²) >= 11 is 5.01. The molecular formula is C16H13BrN2S. The lowest BCUT2D eigenvalue weighted by atomic mass is 10.1. The lowest BCUT2D eigenvalue weighted by Gasteiger charge is -2.07. The van der Waals surface area contributed by atoms with E-state index in [1.807, 2.05) is 24.4 Å². The molecule has 2 aromatic carbocycles. The number of aromatic nitrogens is 1. The van der Waals surface area contributed by atoms with E-state index in [-0.39, 0.29) is 0 Å². The number of hydrogen-bond acceptors (Lipinski definition) is 3. The SMILES string of the molecule is Brc1cccc(CNc2ccc(-c3ccns3)cc2)c1. The molecule has 1 N–H and O–H groups in total. The summed E-state index contributed by atoms with van der Waals surface area (Å²) < 4.78 is 5.24. The molecule has 1 aromatic heterocycles. The van der Waals surface area contributed by atoms with Crippen molar-refractivity contribution in [1.29, 1.82) is 0 Å². The summed E-state index contributed by atoms with van der Waals surface area (Å²) in [6.45, 7) is 0.819. The van der Waals surface area contributed by atoms with Crippen molar-refractivity contribution in [3.8, 4) is 10.4 Å². The van der Waals surface area contributed by atoms with Crippen LogP contribution in [0, 0.1) is 0 Å². The molecule has 2 nitrogen and oxygen atoms in total. The van der Waals surface area contributed by atoms with Crippen LogP contribution in [-0.4, -0.2) is 4.37 Å². The molecule has 0 atom stereocenters. The molecule has 0 amide bonds. The Morgan fingerprint density at radius 3 is 2.60 bits per heavy atom. The van der Waals surface area contributed by atoms with E-state index in [0.29, 0.717) is 0 Å². The highest BCUT2D eigenvalue weighted by Crippen LogP contribution is 2.24. The second kappa shape index (κ2) is 6.20. The summed E-state index contributed by atoms with van der Waals surface area (Å²) in [6, 6.07) is 18.8. The molecule has 0 fully saturated rings. The Morgan fingerprint density at radius 2 is 1.90 bits per heavy atom. The van der Waals surface area contributed by atoms with Gasteiger partial charge in [0.15, 0.2) is 0 Å². The van der Waals surface area contributed by atoms with Gasteiger partial charge in [-0.25, -0.2) is 4.37 Å². The van der Waals surface area contributed by atoms with Gasteiger partial charge < -0.3 is 5.32 Å². The molecule has 4 heteroatoms. The fraction of sp³-hybridized carbons (Fsp3) is 0.0625. The molecule has 0 aliphatic carbocycles. The van der Waals surface area contributed by atoms with Crippen LogP contribution in [0.15, 0.2) is 65.3 Å². The topological polar surface area (TPSA) is 24.9 Å². The smallest absolute Gasteiger partial charge is 0.0549 e. The molecule has 100 valence electrons. The summed E-state index contributed by atoms with van der Waals surface area (Å²) in [4.78, 5) is 1.20. The van der Waals surface area contributed by atoms with Crippen molar-refractivity contribution < 1.29 is 0 Å². The van der Waals surface area contributed by atoms with Crippen molar-refractivity contribution in [3.05, 3.63) is 70.8 Å². The second-order valence-corrected chi connectivity index (χ2v) is 6.19. The molecule has 0 unspecified atom stereocenters. The van der Waals surface area contributed by atoms with Crippen LogP contribution < -0.4 is 5.32 Å². The minimum Gasteiger partial charge on any atom is -0.381 e. The molecule has 1 heterocycles. The average Bonchev–Trinajstić information content (AvgIpc) is 3.00. The molecule has 3 rings (SSSR count). The molecule has 0 saturated carbocycles. The van der Waals surface area contributed by atoms with Gasteiger partial charge in [0, 0.05) is 22.9 Å². The van der Waals surface area contributed by atoms with Crippen molar-refractivity contribution in [2.24, 2.45) is 0 Å². The lowest BCUT2D eigenvalue weighted by Crippen LogP contribution is -1.98. The third-order valence-electron chi connectivity index (χ3n) is 2.99. The van der Waals surface area contributed by atoms with Gasteiger partial charge >= 0.3 is 0 Å². The first-order chi connectivity index (χ1) is 9.81. The van der Waals surface area contributed by atoms with Gasteiger partial charge in [-0.1, -0.05) is 40.2 Å². The van der Waals surface area contributed by atoms with Crippen LogP contribution in [0.2, 0.25) is 0 Å². The first-order valence-corrected chi connectivity index (χ1v) is 7.87. The Balaban J connectivity index is 1.67. The zero-order valence-electron chi connectivity index (χ0n) is 10.7. The van der Waals surface area contributed by atoms with Crippen molar-refractivity contribution in [1.82, 2.24) is 4.37 Å². The number of halogens is 1. The summed E-state index contributed by atoms with van der Waals surface area (Å²) in [7, 11) is 0. The van der Waals surface area contributed by atoms with E-state index in [0.717, 1.165) is 16.7 Å². The third-order valence-corrected chi connectivity index (χ3v) is 4.28. The van der Waals surface area contributed by atoms with Crippen LogP contribution >= 0.6 is 27.5 Å². The highest BCUT2D eigenvalue weighted by Gasteiger charge is 2.00. The Labute approximate surface area is 130 Å². The van der Waals surface area contributed by atoms with Gasteiger partial charge in [-0.3, -0.25) is 0 Å². The zero-order chi connectivity index (χ0) is 13.8. The standard InChI is InChI=1S/C16H13BrN2S/c17-14-3-1-2-12(10-14)11-18-15-6-4-13(5-7-15)16-8-9-19-20-16/h1-10,18H,11H2. The number of nitrogens with zero attached hydrogens (tertiary/aromatic N) is 1. The van der Waals surface area contributed by atoms with E-state index in [1.54, 1.807) is 0 Å². The summed E-state index contributed by atoms with van der Waals surface area (Å²) in [6.07, 6.45) is 1.83. The number of hydrogen-bond donors (Lipinski definition) is 1. The van der Waals surface area contributed by atoms with E-state index in [1.165, 1.54) is 27.5 Å². The largest absolute Gasteiger partial charge is 0.381 e. The normalized spacial score (nSPS) is 10.4. The van der Waals surface area contributed by atoms with Crippen LogP contribution in [0.5, 0.6) is 0 Å². The average molecular weight is 345 g/mol. The number of nitrogens with one attached hydrogen (secondary N) is 1. The fourth-order valence-electron chi connectivity index (χ4n) is 1.97. The van der Waals surface area contributed by atoms with Gasteiger partial charge in [-0.2, -0.15) is 0 Å². The van der Waals surface area contributed by atoms with Crippen LogP contribution in [0.25, 0.3) is 10.4 Å². The van der Waals surface area contributed by atoms with Crippen molar-refractivity contribution in [3.63, 3.8) is 0 Å². The van der Waals surface area contributed by atoms with Crippen LogP contribution in [0.4, 0.5) is 5.69 Å². The van der Waals surface area contributed by atoms with Gasteiger partial charge in [-0.05, 0) is 53.0 Å². The maximum absolute atomic E-state index is 4.13. The van der Waals surface area contributed by atoms with Crippen molar-refractivity contribution >= 4 is 33.1 Å². The Hall–Kier alpha value is -1.65. The molecule has 0 saturated heterocycles. The molecule has 0 aliphatic rings. The molecular weight excluding hydrogens is 332 g/mol.